The highest BCUT2D eigenvalue weighted by atomic mass is 35.5. The second-order valence-corrected chi connectivity index (χ2v) is 7.63. The number of nitrogens with one attached hydrogen (secondary N) is 3. The molecule has 1 aliphatic heterocycles. The average Bonchev–Trinajstić information content (AvgIpc) is 3.20. The van der Waals surface area contributed by atoms with Gasteiger partial charge in [-0.1, -0.05) is 17.7 Å². The summed E-state index contributed by atoms with van der Waals surface area (Å²) < 4.78 is 6.00. The number of H-pyrrole nitrogens is 2. The van der Waals surface area contributed by atoms with Crippen molar-refractivity contribution in [2.24, 2.45) is 0 Å². The monoisotopic (exact) mass is 422 g/mol. The van der Waals surface area contributed by atoms with Crippen LogP contribution in [0, 0.1) is 0 Å². The van der Waals surface area contributed by atoms with Crippen molar-refractivity contribution in [3.05, 3.63) is 58.2 Å². The van der Waals surface area contributed by atoms with Crippen LogP contribution in [0.1, 0.15) is 12.8 Å². The molecule has 4 aromatic rings. The summed E-state index contributed by atoms with van der Waals surface area (Å²) in [5.41, 5.74) is 3.37. The minimum atomic E-state index is -0.213. The Hall–Kier alpha value is -3.23. The summed E-state index contributed by atoms with van der Waals surface area (Å²) in [6.07, 6.45) is 6.93. The number of aromatic amines is 2. The predicted octanol–water partition coefficient (Wildman–Crippen LogP) is 3.16. The second-order valence-electron chi connectivity index (χ2n) is 7.22. The third-order valence-corrected chi connectivity index (χ3v) is 5.45. The third-order valence-electron chi connectivity index (χ3n) is 5.14. The Morgan fingerprint density at radius 1 is 1.20 bits per heavy atom. The number of aromatic nitrogens is 5. The van der Waals surface area contributed by atoms with Gasteiger partial charge in [-0.2, -0.15) is 5.10 Å². The number of halogens is 1. The first kappa shape index (κ1) is 18.8. The van der Waals surface area contributed by atoms with Crippen molar-refractivity contribution in [3.63, 3.8) is 0 Å². The zero-order chi connectivity index (χ0) is 20.5. The van der Waals surface area contributed by atoms with E-state index >= 15 is 0 Å². The molecule has 0 radical (unpaired) electrons. The van der Waals surface area contributed by atoms with E-state index in [4.69, 9.17) is 16.3 Å². The molecule has 152 valence electrons. The largest absolute Gasteiger partial charge is 0.472 e. The first-order valence-corrected chi connectivity index (χ1v) is 10.1. The van der Waals surface area contributed by atoms with Gasteiger partial charge in [-0.3, -0.25) is 14.9 Å². The van der Waals surface area contributed by atoms with Crippen LogP contribution >= 0.6 is 11.6 Å². The van der Waals surface area contributed by atoms with Crippen molar-refractivity contribution in [1.82, 2.24) is 30.5 Å². The molecule has 1 saturated heterocycles. The molecular formula is C21H19ClN6O2. The molecule has 1 aliphatic rings. The number of ether oxygens (including phenoxy) is 1. The van der Waals surface area contributed by atoms with Gasteiger partial charge in [0.25, 0.3) is 0 Å². The van der Waals surface area contributed by atoms with Gasteiger partial charge < -0.3 is 15.0 Å². The van der Waals surface area contributed by atoms with Crippen LogP contribution in [-0.4, -0.2) is 44.3 Å². The van der Waals surface area contributed by atoms with Crippen molar-refractivity contribution < 1.29 is 4.74 Å². The SMILES string of the molecule is O=c1cc(-c2ccc3[nH]nc(-c4cncc(O[C@@H]5CCCNC5)n4)c3c2)c(Cl)c[nH]1. The van der Waals surface area contributed by atoms with Gasteiger partial charge in [0, 0.05) is 29.8 Å². The van der Waals surface area contributed by atoms with Gasteiger partial charge in [0.15, 0.2) is 0 Å². The quantitative estimate of drug-likeness (QED) is 0.466. The number of hydrogen-bond acceptors (Lipinski definition) is 6. The summed E-state index contributed by atoms with van der Waals surface area (Å²) in [4.78, 5) is 23.2. The Morgan fingerprint density at radius 2 is 2.13 bits per heavy atom. The van der Waals surface area contributed by atoms with Crippen LogP contribution in [0.5, 0.6) is 5.88 Å². The number of nitrogens with zero attached hydrogens (tertiary/aromatic N) is 3. The lowest BCUT2D eigenvalue weighted by atomic mass is 10.0. The zero-order valence-corrected chi connectivity index (χ0v) is 16.7. The minimum absolute atomic E-state index is 0.0872. The fraction of sp³-hybridized carbons (Fsp3) is 0.238. The summed E-state index contributed by atoms with van der Waals surface area (Å²) >= 11 is 6.29. The molecule has 0 saturated carbocycles. The fourth-order valence-corrected chi connectivity index (χ4v) is 3.88. The number of hydrogen-bond donors (Lipinski definition) is 3. The molecule has 3 N–H and O–H groups in total. The predicted molar refractivity (Wildman–Crippen MR) is 115 cm³/mol. The second kappa shape index (κ2) is 7.89. The average molecular weight is 423 g/mol. The van der Waals surface area contributed by atoms with Crippen molar-refractivity contribution in [1.29, 1.82) is 0 Å². The Kier molecular flexibility index (Phi) is 4.94. The Bertz CT molecular complexity index is 1260. The molecule has 9 heteroatoms. The number of benzene rings is 1. The van der Waals surface area contributed by atoms with Crippen LogP contribution in [0.2, 0.25) is 5.02 Å². The lowest BCUT2D eigenvalue weighted by molar-refractivity contribution is 0.160. The molecule has 1 atom stereocenters. The molecule has 0 unspecified atom stereocenters. The number of rotatable bonds is 4. The zero-order valence-electron chi connectivity index (χ0n) is 16.0. The first-order valence-electron chi connectivity index (χ1n) is 9.74. The van der Waals surface area contributed by atoms with Crippen LogP contribution in [0.25, 0.3) is 33.4 Å². The molecule has 0 amide bonds. The van der Waals surface area contributed by atoms with Crippen molar-refractivity contribution in [2.45, 2.75) is 18.9 Å². The van der Waals surface area contributed by atoms with E-state index in [2.05, 4.69) is 30.5 Å². The maximum atomic E-state index is 11.7. The highest BCUT2D eigenvalue weighted by molar-refractivity contribution is 6.33. The molecule has 8 nitrogen and oxygen atoms in total. The summed E-state index contributed by atoms with van der Waals surface area (Å²) in [6.45, 7) is 1.82. The Balaban J connectivity index is 1.52. The van der Waals surface area contributed by atoms with Gasteiger partial charge in [0.05, 0.1) is 22.9 Å². The van der Waals surface area contributed by atoms with Crippen molar-refractivity contribution in [3.8, 4) is 28.4 Å². The van der Waals surface area contributed by atoms with E-state index < -0.39 is 0 Å². The molecule has 5 rings (SSSR count). The van der Waals surface area contributed by atoms with E-state index in [9.17, 15) is 4.79 Å². The summed E-state index contributed by atoms with van der Waals surface area (Å²) in [6, 6.07) is 7.22. The van der Waals surface area contributed by atoms with Crippen LogP contribution in [0.4, 0.5) is 0 Å². The normalized spacial score (nSPS) is 16.6. The molecule has 1 fully saturated rings. The molecule has 4 heterocycles. The van der Waals surface area contributed by atoms with Crippen LogP contribution in [0.15, 0.2) is 47.7 Å². The van der Waals surface area contributed by atoms with Crippen molar-refractivity contribution >= 4 is 22.5 Å². The van der Waals surface area contributed by atoms with E-state index in [0.717, 1.165) is 42.4 Å². The van der Waals surface area contributed by atoms with E-state index in [-0.39, 0.29) is 11.7 Å². The smallest absolute Gasteiger partial charge is 0.248 e. The van der Waals surface area contributed by atoms with E-state index in [1.54, 1.807) is 12.4 Å². The van der Waals surface area contributed by atoms with Gasteiger partial charge in [-0.15, -0.1) is 0 Å². The Morgan fingerprint density at radius 3 is 3.00 bits per heavy atom. The summed E-state index contributed by atoms with van der Waals surface area (Å²) in [5.74, 6) is 0.478. The maximum Gasteiger partial charge on any atom is 0.248 e. The molecule has 3 aromatic heterocycles. The highest BCUT2D eigenvalue weighted by Crippen LogP contribution is 2.32. The van der Waals surface area contributed by atoms with E-state index in [1.165, 1.54) is 12.3 Å². The first-order chi connectivity index (χ1) is 14.7. The lowest BCUT2D eigenvalue weighted by Gasteiger charge is -2.23. The fourth-order valence-electron chi connectivity index (χ4n) is 3.66. The van der Waals surface area contributed by atoms with Gasteiger partial charge in [-0.25, -0.2) is 4.98 Å². The number of piperidine rings is 1. The summed E-state index contributed by atoms with van der Waals surface area (Å²) in [7, 11) is 0. The third kappa shape index (κ3) is 3.67. The summed E-state index contributed by atoms with van der Waals surface area (Å²) in [5, 5.41) is 12.1. The number of fused-ring (bicyclic) bond motifs is 1. The standard InChI is InChI=1S/C21H19ClN6O2/c22-16-9-25-19(29)7-14(16)12-3-4-17-15(6-12)21(28-27-17)18-10-24-11-20(26-18)30-13-2-1-5-23-8-13/h3-4,6-7,9-11,13,23H,1-2,5,8H2,(H,25,29)(H,27,28)/t13-/m1/s1. The van der Waals surface area contributed by atoms with E-state index in [1.807, 2.05) is 18.2 Å². The van der Waals surface area contributed by atoms with Gasteiger partial charge in [-0.05, 0) is 37.1 Å². The number of pyridine rings is 1. The van der Waals surface area contributed by atoms with Gasteiger partial charge >= 0.3 is 0 Å². The van der Waals surface area contributed by atoms with Crippen LogP contribution in [0.3, 0.4) is 0 Å². The van der Waals surface area contributed by atoms with Crippen LogP contribution in [-0.2, 0) is 0 Å². The minimum Gasteiger partial charge on any atom is -0.472 e. The van der Waals surface area contributed by atoms with E-state index in [0.29, 0.717) is 27.9 Å². The highest BCUT2D eigenvalue weighted by Gasteiger charge is 2.17. The molecule has 1 aromatic carbocycles. The van der Waals surface area contributed by atoms with Gasteiger partial charge in [0.2, 0.25) is 11.4 Å². The Labute approximate surface area is 176 Å². The van der Waals surface area contributed by atoms with Crippen LogP contribution < -0.4 is 15.6 Å². The molecule has 30 heavy (non-hydrogen) atoms. The molecule has 0 bridgehead atoms. The topological polar surface area (TPSA) is 109 Å². The molecule has 0 aliphatic carbocycles. The maximum absolute atomic E-state index is 11.7. The van der Waals surface area contributed by atoms with Crippen molar-refractivity contribution in [2.75, 3.05) is 13.1 Å². The molecule has 0 spiro atoms. The molecular weight excluding hydrogens is 404 g/mol. The lowest BCUT2D eigenvalue weighted by Crippen LogP contribution is -2.37. The van der Waals surface area contributed by atoms with Gasteiger partial charge in [0.1, 0.15) is 17.5 Å².